The van der Waals surface area contributed by atoms with Gasteiger partial charge in [0.05, 0.1) is 4.91 Å². The summed E-state index contributed by atoms with van der Waals surface area (Å²) in [5.74, 6) is 0. The predicted octanol–water partition coefficient (Wildman–Crippen LogP) is 1.12. The van der Waals surface area contributed by atoms with Gasteiger partial charge in [0, 0.05) is 24.0 Å². The van der Waals surface area contributed by atoms with Crippen LogP contribution in [0.4, 0.5) is 0 Å². The summed E-state index contributed by atoms with van der Waals surface area (Å²) in [7, 11) is 0. The molecule has 4 heteroatoms. The van der Waals surface area contributed by atoms with Gasteiger partial charge in [0.1, 0.15) is 5.37 Å². The Bertz CT molecular complexity index is 333. The number of carbonyl (C=O) groups excluding carboxylic acids is 1. The minimum absolute atomic E-state index is 0.173. The van der Waals surface area contributed by atoms with E-state index in [0.717, 1.165) is 11.2 Å². The molecular weight excluding hydrogens is 196 g/mol. The van der Waals surface area contributed by atoms with Crippen LogP contribution in [0.3, 0.4) is 0 Å². The quantitative estimate of drug-likeness (QED) is 0.667. The van der Waals surface area contributed by atoms with Gasteiger partial charge in [-0.1, -0.05) is 23.9 Å². The van der Waals surface area contributed by atoms with Crippen molar-refractivity contribution < 1.29 is 4.79 Å². The lowest BCUT2D eigenvalue weighted by Crippen LogP contribution is -2.26. The van der Waals surface area contributed by atoms with Crippen LogP contribution in [0.25, 0.3) is 0 Å². The smallest absolute Gasteiger partial charge is 0.157 e. The van der Waals surface area contributed by atoms with E-state index in [1.54, 1.807) is 18.0 Å². The molecule has 0 aromatic heterocycles. The van der Waals surface area contributed by atoms with E-state index in [9.17, 15) is 4.79 Å². The average Bonchev–Trinajstić information content (AvgIpc) is 2.67. The van der Waals surface area contributed by atoms with Crippen LogP contribution in [0, 0.1) is 0 Å². The van der Waals surface area contributed by atoms with Crippen molar-refractivity contribution in [1.29, 1.82) is 0 Å². The highest BCUT2D eigenvalue weighted by atomic mass is 32.2. The SMILES string of the molecule is CC1C=CC(C2NC=C(C=O)S2)=CN1. The molecular formula is C10H12N2OS. The molecule has 3 nitrogen and oxygen atoms in total. The summed E-state index contributed by atoms with van der Waals surface area (Å²) in [6, 6.07) is 0.392. The van der Waals surface area contributed by atoms with E-state index in [0.29, 0.717) is 6.04 Å². The molecule has 0 bridgehead atoms. The Kier molecular flexibility index (Phi) is 2.63. The summed E-state index contributed by atoms with van der Waals surface area (Å²) in [5, 5.41) is 6.55. The zero-order chi connectivity index (χ0) is 9.97. The van der Waals surface area contributed by atoms with E-state index in [-0.39, 0.29) is 5.37 Å². The molecule has 0 aromatic rings. The Labute approximate surface area is 87.3 Å². The van der Waals surface area contributed by atoms with Crippen LogP contribution in [-0.4, -0.2) is 17.7 Å². The lowest BCUT2D eigenvalue weighted by Gasteiger charge is -2.18. The largest absolute Gasteiger partial charge is 0.385 e. The van der Waals surface area contributed by atoms with E-state index in [4.69, 9.17) is 0 Å². The number of thioether (sulfide) groups is 1. The maximum atomic E-state index is 10.5. The van der Waals surface area contributed by atoms with Crippen LogP contribution in [0.2, 0.25) is 0 Å². The van der Waals surface area contributed by atoms with Gasteiger partial charge in [0.2, 0.25) is 0 Å². The summed E-state index contributed by atoms with van der Waals surface area (Å²) < 4.78 is 0. The molecule has 2 aliphatic heterocycles. The topological polar surface area (TPSA) is 41.1 Å². The molecule has 0 aliphatic carbocycles. The Hall–Kier alpha value is -1.16. The molecule has 0 fully saturated rings. The van der Waals surface area contributed by atoms with E-state index < -0.39 is 0 Å². The molecule has 2 unspecified atom stereocenters. The summed E-state index contributed by atoms with van der Waals surface area (Å²) in [6.07, 6.45) is 8.83. The highest BCUT2D eigenvalue weighted by molar-refractivity contribution is 8.04. The van der Waals surface area contributed by atoms with Crippen LogP contribution in [0.15, 0.2) is 35.0 Å². The second kappa shape index (κ2) is 3.92. The molecule has 2 atom stereocenters. The first kappa shape index (κ1) is 9.40. The Balaban J connectivity index is 2.00. The second-order valence-electron chi connectivity index (χ2n) is 3.29. The third kappa shape index (κ3) is 1.85. The highest BCUT2D eigenvalue weighted by Gasteiger charge is 2.20. The minimum Gasteiger partial charge on any atom is -0.385 e. The molecule has 14 heavy (non-hydrogen) atoms. The van der Waals surface area contributed by atoms with E-state index in [1.807, 2.05) is 6.20 Å². The zero-order valence-electron chi connectivity index (χ0n) is 7.86. The fraction of sp³-hybridized carbons (Fsp3) is 0.300. The molecule has 0 amide bonds. The zero-order valence-corrected chi connectivity index (χ0v) is 8.67. The van der Waals surface area contributed by atoms with Gasteiger partial charge >= 0.3 is 0 Å². The van der Waals surface area contributed by atoms with Crippen LogP contribution in [0.1, 0.15) is 6.92 Å². The first-order chi connectivity index (χ1) is 6.79. The van der Waals surface area contributed by atoms with Gasteiger partial charge in [0.15, 0.2) is 6.29 Å². The summed E-state index contributed by atoms with van der Waals surface area (Å²) >= 11 is 1.54. The second-order valence-corrected chi connectivity index (χ2v) is 4.47. The number of hydrogen-bond donors (Lipinski definition) is 2. The third-order valence-corrected chi connectivity index (χ3v) is 3.27. The molecule has 0 radical (unpaired) electrons. The van der Waals surface area contributed by atoms with Crippen molar-refractivity contribution in [3.05, 3.63) is 35.0 Å². The molecule has 0 spiro atoms. The van der Waals surface area contributed by atoms with Crippen molar-refractivity contribution in [2.24, 2.45) is 0 Å². The van der Waals surface area contributed by atoms with Crippen LogP contribution >= 0.6 is 11.8 Å². The Morgan fingerprint density at radius 2 is 2.29 bits per heavy atom. The maximum absolute atomic E-state index is 10.5. The van der Waals surface area contributed by atoms with Gasteiger partial charge in [-0.15, -0.1) is 0 Å². The lowest BCUT2D eigenvalue weighted by atomic mass is 10.1. The van der Waals surface area contributed by atoms with Gasteiger partial charge < -0.3 is 10.6 Å². The number of rotatable bonds is 2. The number of hydrogen-bond acceptors (Lipinski definition) is 4. The van der Waals surface area contributed by atoms with Crippen LogP contribution < -0.4 is 10.6 Å². The normalized spacial score (nSPS) is 30.1. The third-order valence-electron chi connectivity index (χ3n) is 2.14. The molecule has 0 aromatic carbocycles. The van der Waals surface area contributed by atoms with Crippen molar-refractivity contribution in [1.82, 2.24) is 10.6 Å². The maximum Gasteiger partial charge on any atom is 0.157 e. The molecule has 2 aliphatic rings. The van der Waals surface area contributed by atoms with Crippen molar-refractivity contribution in [3.8, 4) is 0 Å². The standard InChI is InChI=1S/C10H12N2OS/c1-7-2-3-8(4-11-7)10-12-5-9(6-13)14-10/h2-7,10-12H,1H3. The molecule has 0 saturated carbocycles. The average molecular weight is 208 g/mol. The summed E-state index contributed by atoms with van der Waals surface area (Å²) in [6.45, 7) is 2.09. The van der Waals surface area contributed by atoms with E-state index in [1.165, 1.54) is 5.57 Å². The molecule has 0 saturated heterocycles. The van der Waals surface area contributed by atoms with Crippen LogP contribution in [-0.2, 0) is 4.79 Å². The van der Waals surface area contributed by atoms with Crippen molar-refractivity contribution in [3.63, 3.8) is 0 Å². The van der Waals surface area contributed by atoms with E-state index in [2.05, 4.69) is 29.7 Å². The van der Waals surface area contributed by atoms with Crippen molar-refractivity contribution in [2.45, 2.75) is 18.3 Å². The van der Waals surface area contributed by atoms with Gasteiger partial charge in [-0.25, -0.2) is 0 Å². The first-order valence-corrected chi connectivity index (χ1v) is 5.40. The number of aldehydes is 1. The molecule has 2 rings (SSSR count). The number of nitrogens with one attached hydrogen (secondary N) is 2. The van der Waals surface area contributed by atoms with Gasteiger partial charge in [-0.3, -0.25) is 4.79 Å². The van der Waals surface area contributed by atoms with Crippen LogP contribution in [0.5, 0.6) is 0 Å². The molecule has 2 N–H and O–H groups in total. The number of carbonyl (C=O) groups is 1. The fourth-order valence-electron chi connectivity index (χ4n) is 1.34. The first-order valence-electron chi connectivity index (χ1n) is 4.52. The summed E-state index contributed by atoms with van der Waals surface area (Å²) in [5.41, 5.74) is 1.17. The molecule has 74 valence electrons. The number of allylic oxidation sites excluding steroid dienone is 1. The summed E-state index contributed by atoms with van der Waals surface area (Å²) in [4.78, 5) is 11.3. The lowest BCUT2D eigenvalue weighted by molar-refractivity contribution is -0.104. The Morgan fingerprint density at radius 1 is 1.43 bits per heavy atom. The van der Waals surface area contributed by atoms with Crippen molar-refractivity contribution in [2.75, 3.05) is 0 Å². The van der Waals surface area contributed by atoms with Gasteiger partial charge in [0.25, 0.3) is 0 Å². The minimum atomic E-state index is 0.173. The number of dihydropyridines is 1. The monoisotopic (exact) mass is 208 g/mol. The van der Waals surface area contributed by atoms with Crippen molar-refractivity contribution >= 4 is 18.0 Å². The predicted molar refractivity (Wildman–Crippen MR) is 58.5 cm³/mol. The van der Waals surface area contributed by atoms with Gasteiger partial charge in [-0.2, -0.15) is 0 Å². The van der Waals surface area contributed by atoms with Gasteiger partial charge in [-0.05, 0) is 6.92 Å². The molecule has 2 heterocycles. The van der Waals surface area contributed by atoms with E-state index >= 15 is 0 Å². The highest BCUT2D eigenvalue weighted by Crippen LogP contribution is 2.29. The Morgan fingerprint density at radius 3 is 2.86 bits per heavy atom. The fourth-order valence-corrected chi connectivity index (χ4v) is 2.22.